The van der Waals surface area contributed by atoms with Gasteiger partial charge in [-0.15, -0.1) is 0 Å². The molecule has 5 nitrogen and oxygen atoms in total. The molecule has 0 unspecified atom stereocenters. The molecule has 12 heavy (non-hydrogen) atoms. The lowest BCUT2D eigenvalue weighted by molar-refractivity contribution is 0.176. The van der Waals surface area contributed by atoms with Gasteiger partial charge in [-0.05, 0) is 0 Å². The number of ether oxygens (including phenoxy) is 1. The second kappa shape index (κ2) is 3.42. The van der Waals surface area contributed by atoms with E-state index in [0.29, 0.717) is 5.69 Å². The van der Waals surface area contributed by atoms with Crippen LogP contribution < -0.4 is 0 Å². The summed E-state index contributed by atoms with van der Waals surface area (Å²) in [6.45, 7) is 0.190. The van der Waals surface area contributed by atoms with E-state index in [9.17, 15) is 8.42 Å². The monoisotopic (exact) mass is 211 g/mol. The number of rotatable bonds is 3. The van der Waals surface area contributed by atoms with Crippen LogP contribution in [0.1, 0.15) is 5.69 Å². The van der Waals surface area contributed by atoms with Gasteiger partial charge < -0.3 is 9.26 Å². The zero-order chi connectivity index (χ0) is 9.19. The minimum absolute atomic E-state index is 0.190. The molecule has 0 saturated heterocycles. The zero-order valence-electron chi connectivity index (χ0n) is 6.15. The van der Waals surface area contributed by atoms with E-state index in [1.165, 1.54) is 13.2 Å². The van der Waals surface area contributed by atoms with E-state index < -0.39 is 9.05 Å². The first kappa shape index (κ1) is 9.50. The topological polar surface area (TPSA) is 69.4 Å². The Balaban J connectivity index is 2.92. The van der Waals surface area contributed by atoms with Crippen molar-refractivity contribution in [1.29, 1.82) is 0 Å². The third-order valence-corrected chi connectivity index (χ3v) is 2.20. The van der Waals surface area contributed by atoms with Crippen molar-refractivity contribution < 1.29 is 17.7 Å². The molecule has 68 valence electrons. The van der Waals surface area contributed by atoms with Crippen molar-refractivity contribution in [2.45, 2.75) is 11.7 Å². The van der Waals surface area contributed by atoms with E-state index in [1.54, 1.807) is 0 Å². The second-order valence-electron chi connectivity index (χ2n) is 2.01. The maximum atomic E-state index is 10.6. The SMILES string of the molecule is COCc1cc(S(=O)(=O)Cl)on1. The van der Waals surface area contributed by atoms with Crippen molar-refractivity contribution in [1.82, 2.24) is 5.16 Å². The maximum Gasteiger partial charge on any atom is 0.297 e. The summed E-state index contributed by atoms with van der Waals surface area (Å²) in [6.07, 6.45) is 0. The molecule has 0 aliphatic heterocycles. The van der Waals surface area contributed by atoms with Crippen LogP contribution in [-0.4, -0.2) is 20.7 Å². The summed E-state index contributed by atoms with van der Waals surface area (Å²) in [4.78, 5) is 0. The lowest BCUT2D eigenvalue weighted by Gasteiger charge is -1.86. The van der Waals surface area contributed by atoms with Crippen molar-refractivity contribution in [3.8, 4) is 0 Å². The summed E-state index contributed by atoms with van der Waals surface area (Å²) in [5.41, 5.74) is 0.386. The van der Waals surface area contributed by atoms with Crippen LogP contribution in [0, 0.1) is 0 Å². The third kappa shape index (κ3) is 2.20. The molecule has 1 aromatic rings. The molecule has 0 aliphatic rings. The molecular weight excluding hydrogens is 206 g/mol. The summed E-state index contributed by atoms with van der Waals surface area (Å²) in [5, 5.41) is 3.04. The van der Waals surface area contributed by atoms with Crippen LogP contribution in [0.3, 0.4) is 0 Å². The van der Waals surface area contributed by atoms with Crippen molar-refractivity contribution in [2.24, 2.45) is 0 Å². The van der Waals surface area contributed by atoms with Gasteiger partial charge in [-0.2, -0.15) is 0 Å². The van der Waals surface area contributed by atoms with Crippen molar-refractivity contribution in [3.63, 3.8) is 0 Å². The minimum Gasteiger partial charge on any atom is -0.378 e. The molecule has 0 fully saturated rings. The van der Waals surface area contributed by atoms with Gasteiger partial charge in [0.15, 0.2) is 0 Å². The van der Waals surface area contributed by atoms with Crippen molar-refractivity contribution in [2.75, 3.05) is 7.11 Å². The number of halogens is 1. The largest absolute Gasteiger partial charge is 0.378 e. The molecule has 0 N–H and O–H groups in total. The van der Waals surface area contributed by atoms with Crippen LogP contribution in [0.5, 0.6) is 0 Å². The molecule has 0 atom stereocenters. The standard InChI is InChI=1S/C5H6ClNO4S/c1-10-3-4-2-5(11-7-4)12(6,8)9/h2H,3H2,1H3. The summed E-state index contributed by atoms with van der Waals surface area (Å²) in [5.74, 6) is 0. The molecule has 0 radical (unpaired) electrons. The van der Waals surface area contributed by atoms with Crippen molar-refractivity contribution in [3.05, 3.63) is 11.8 Å². The fraction of sp³-hybridized carbons (Fsp3) is 0.400. The first-order chi connectivity index (χ1) is 5.54. The van der Waals surface area contributed by atoms with Gasteiger partial charge in [-0.1, -0.05) is 5.16 Å². The molecule has 0 spiro atoms. The van der Waals surface area contributed by atoms with Gasteiger partial charge in [0.25, 0.3) is 14.1 Å². The van der Waals surface area contributed by atoms with Gasteiger partial charge in [-0.25, -0.2) is 8.42 Å². The highest BCUT2D eigenvalue weighted by Crippen LogP contribution is 2.15. The molecular formula is C5H6ClNO4S. The predicted molar refractivity (Wildman–Crippen MR) is 40.3 cm³/mol. The van der Waals surface area contributed by atoms with Crippen LogP contribution in [-0.2, 0) is 20.4 Å². The Kier molecular flexibility index (Phi) is 2.71. The molecule has 0 saturated carbocycles. The molecule has 0 amide bonds. The van der Waals surface area contributed by atoms with Gasteiger partial charge in [0.05, 0.1) is 6.61 Å². The Morgan fingerprint density at radius 2 is 2.42 bits per heavy atom. The Morgan fingerprint density at radius 3 is 2.83 bits per heavy atom. The van der Waals surface area contributed by atoms with Crippen LogP contribution in [0.4, 0.5) is 0 Å². The van der Waals surface area contributed by atoms with Gasteiger partial charge >= 0.3 is 0 Å². The van der Waals surface area contributed by atoms with E-state index in [0.717, 1.165) is 0 Å². The highest BCUT2D eigenvalue weighted by molar-refractivity contribution is 8.13. The average Bonchev–Trinajstić information content (AvgIpc) is 2.35. The van der Waals surface area contributed by atoms with Gasteiger partial charge in [-0.3, -0.25) is 0 Å². The summed E-state index contributed by atoms with van der Waals surface area (Å²) >= 11 is 0. The van der Waals surface area contributed by atoms with Crippen LogP contribution in [0.15, 0.2) is 15.7 Å². The highest BCUT2D eigenvalue weighted by Gasteiger charge is 2.16. The zero-order valence-corrected chi connectivity index (χ0v) is 7.72. The van der Waals surface area contributed by atoms with E-state index in [1.807, 2.05) is 0 Å². The Bertz CT molecular complexity index is 357. The Morgan fingerprint density at radius 1 is 1.75 bits per heavy atom. The fourth-order valence-electron chi connectivity index (χ4n) is 0.623. The van der Waals surface area contributed by atoms with E-state index in [2.05, 4.69) is 9.68 Å². The number of nitrogens with zero attached hydrogens (tertiary/aromatic N) is 1. The summed E-state index contributed by atoms with van der Waals surface area (Å²) < 4.78 is 30.4. The maximum absolute atomic E-state index is 10.6. The van der Waals surface area contributed by atoms with Gasteiger partial charge in [0, 0.05) is 23.9 Å². The number of hydrogen-bond acceptors (Lipinski definition) is 5. The number of methoxy groups -OCH3 is 1. The number of aromatic nitrogens is 1. The first-order valence-electron chi connectivity index (χ1n) is 2.93. The van der Waals surface area contributed by atoms with Gasteiger partial charge in [0.1, 0.15) is 5.69 Å². The van der Waals surface area contributed by atoms with Gasteiger partial charge in [0.2, 0.25) is 0 Å². The molecule has 1 aromatic heterocycles. The van der Waals surface area contributed by atoms with E-state index in [-0.39, 0.29) is 11.7 Å². The van der Waals surface area contributed by atoms with Crippen molar-refractivity contribution >= 4 is 19.7 Å². The first-order valence-corrected chi connectivity index (χ1v) is 5.24. The third-order valence-electron chi connectivity index (χ3n) is 1.07. The molecule has 0 aliphatic carbocycles. The second-order valence-corrected chi connectivity index (χ2v) is 4.51. The summed E-state index contributed by atoms with van der Waals surface area (Å²) in [7, 11) is 2.62. The van der Waals surface area contributed by atoms with Crippen LogP contribution in [0.2, 0.25) is 0 Å². The summed E-state index contributed by atoms with van der Waals surface area (Å²) in [6, 6.07) is 1.21. The number of hydrogen-bond donors (Lipinski definition) is 0. The lowest BCUT2D eigenvalue weighted by Crippen LogP contribution is -1.87. The normalized spacial score (nSPS) is 11.8. The van der Waals surface area contributed by atoms with E-state index in [4.69, 9.17) is 15.4 Å². The molecule has 0 bridgehead atoms. The molecule has 7 heteroatoms. The van der Waals surface area contributed by atoms with E-state index >= 15 is 0 Å². The average molecular weight is 212 g/mol. The Hall–Kier alpha value is -0.590. The Labute approximate surface area is 73.7 Å². The fourth-order valence-corrected chi connectivity index (χ4v) is 1.24. The highest BCUT2D eigenvalue weighted by atomic mass is 35.7. The predicted octanol–water partition coefficient (Wildman–Crippen LogP) is 0.748. The van der Waals surface area contributed by atoms with Crippen LogP contribution >= 0.6 is 10.7 Å². The quantitative estimate of drug-likeness (QED) is 0.690. The minimum atomic E-state index is -3.81. The smallest absolute Gasteiger partial charge is 0.297 e. The van der Waals surface area contributed by atoms with Crippen LogP contribution in [0.25, 0.3) is 0 Å². The molecule has 0 aromatic carbocycles. The lowest BCUT2D eigenvalue weighted by atomic mass is 10.5. The molecule has 1 heterocycles. The molecule has 1 rings (SSSR count).